The maximum Gasteiger partial charge on any atom is 0.220 e. The van der Waals surface area contributed by atoms with Crippen LogP contribution in [0.25, 0.3) is 0 Å². The Bertz CT molecular complexity index is 320. The monoisotopic (exact) mass is 286 g/mol. The molecule has 116 valence electrons. The summed E-state index contributed by atoms with van der Waals surface area (Å²) in [6.07, 6.45) is 4.56. The summed E-state index contributed by atoms with van der Waals surface area (Å²) in [5, 5.41) is 34.2. The van der Waals surface area contributed by atoms with Crippen molar-refractivity contribution in [3.05, 3.63) is 0 Å². The van der Waals surface area contributed by atoms with Gasteiger partial charge in [-0.15, -0.1) is 0 Å². The summed E-state index contributed by atoms with van der Waals surface area (Å²) < 4.78 is 0. The number of hydrogen-bond acceptors (Lipinski definition) is 5. The third-order valence-electron chi connectivity index (χ3n) is 4.57. The van der Waals surface area contributed by atoms with E-state index < -0.39 is 24.3 Å². The molecule has 20 heavy (non-hydrogen) atoms. The second kappa shape index (κ2) is 7.36. The molecule has 0 unspecified atom stereocenters. The van der Waals surface area contributed by atoms with Crippen molar-refractivity contribution in [2.24, 2.45) is 5.92 Å². The normalized spacial score (nSPS) is 34.5. The van der Waals surface area contributed by atoms with E-state index in [1.165, 1.54) is 25.7 Å². The third kappa shape index (κ3) is 3.91. The average molecular weight is 286 g/mol. The molecule has 2 rings (SSSR count). The first kappa shape index (κ1) is 15.7. The van der Waals surface area contributed by atoms with Crippen molar-refractivity contribution in [2.75, 3.05) is 13.2 Å². The van der Waals surface area contributed by atoms with Gasteiger partial charge < -0.3 is 26.0 Å². The molecule has 0 aromatic rings. The van der Waals surface area contributed by atoms with Gasteiger partial charge in [0.15, 0.2) is 0 Å². The number of carbonyl (C=O) groups is 1. The zero-order chi connectivity index (χ0) is 14.5. The van der Waals surface area contributed by atoms with E-state index >= 15 is 0 Å². The van der Waals surface area contributed by atoms with Crippen LogP contribution in [0.3, 0.4) is 0 Å². The number of aliphatic hydroxyl groups excluding tert-OH is 3. The zero-order valence-corrected chi connectivity index (χ0v) is 11.8. The minimum atomic E-state index is -0.986. The van der Waals surface area contributed by atoms with Gasteiger partial charge in [-0.25, -0.2) is 0 Å². The molecule has 4 atom stereocenters. The number of hydrogen-bond donors (Lipinski definition) is 5. The molecule has 0 aromatic heterocycles. The third-order valence-corrected chi connectivity index (χ3v) is 4.57. The summed E-state index contributed by atoms with van der Waals surface area (Å²) in [5.41, 5.74) is 0. The van der Waals surface area contributed by atoms with E-state index in [0.29, 0.717) is 12.3 Å². The van der Waals surface area contributed by atoms with Crippen LogP contribution in [-0.4, -0.2) is 58.7 Å². The molecule has 1 saturated carbocycles. The van der Waals surface area contributed by atoms with Crippen LogP contribution in [0.2, 0.25) is 0 Å². The van der Waals surface area contributed by atoms with E-state index in [1.54, 1.807) is 0 Å². The highest BCUT2D eigenvalue weighted by atomic mass is 16.3. The van der Waals surface area contributed by atoms with Crippen molar-refractivity contribution in [2.45, 2.75) is 62.8 Å². The highest BCUT2D eigenvalue weighted by Crippen LogP contribution is 2.28. The minimum absolute atomic E-state index is 0.00663. The van der Waals surface area contributed by atoms with Gasteiger partial charge >= 0.3 is 0 Å². The predicted octanol–water partition coefficient (Wildman–Crippen LogP) is -0.872. The molecule has 1 heterocycles. The molecular formula is C14H26N2O4. The largest absolute Gasteiger partial charge is 0.395 e. The van der Waals surface area contributed by atoms with Gasteiger partial charge in [0, 0.05) is 13.0 Å². The molecule has 6 heteroatoms. The Labute approximate surface area is 119 Å². The van der Waals surface area contributed by atoms with Crippen LogP contribution >= 0.6 is 0 Å². The van der Waals surface area contributed by atoms with Gasteiger partial charge in [-0.2, -0.15) is 0 Å². The van der Waals surface area contributed by atoms with Crippen LogP contribution in [0, 0.1) is 5.92 Å². The lowest BCUT2D eigenvalue weighted by atomic mass is 10.0. The van der Waals surface area contributed by atoms with Crippen molar-refractivity contribution in [1.82, 2.24) is 10.6 Å². The summed E-state index contributed by atoms with van der Waals surface area (Å²) in [4.78, 5) is 11.8. The van der Waals surface area contributed by atoms with Crippen LogP contribution < -0.4 is 10.6 Å². The second-order valence-electron chi connectivity index (χ2n) is 6.04. The van der Waals surface area contributed by atoms with E-state index in [2.05, 4.69) is 10.6 Å². The van der Waals surface area contributed by atoms with E-state index in [4.69, 9.17) is 5.11 Å². The van der Waals surface area contributed by atoms with Crippen LogP contribution in [0.5, 0.6) is 0 Å². The number of rotatable bonds is 6. The van der Waals surface area contributed by atoms with Crippen LogP contribution in [0.1, 0.15) is 38.5 Å². The van der Waals surface area contributed by atoms with Crippen molar-refractivity contribution in [3.8, 4) is 0 Å². The highest BCUT2D eigenvalue weighted by molar-refractivity contribution is 5.75. The Kier molecular flexibility index (Phi) is 5.77. The Hall–Kier alpha value is -0.690. The molecule has 0 spiro atoms. The molecule has 6 nitrogen and oxygen atoms in total. The van der Waals surface area contributed by atoms with E-state index in [-0.39, 0.29) is 19.1 Å². The lowest BCUT2D eigenvalue weighted by molar-refractivity contribution is -0.121. The van der Waals surface area contributed by atoms with Crippen molar-refractivity contribution < 1.29 is 20.1 Å². The molecule has 1 saturated heterocycles. The van der Waals surface area contributed by atoms with E-state index in [1.807, 2.05) is 0 Å². The molecule has 0 aromatic carbocycles. The van der Waals surface area contributed by atoms with Crippen molar-refractivity contribution in [3.63, 3.8) is 0 Å². The summed E-state index contributed by atoms with van der Waals surface area (Å²) in [6, 6.07) is -0.928. The first-order valence-corrected chi connectivity index (χ1v) is 7.61. The number of carbonyl (C=O) groups excluding carboxylic acids is 1. The summed E-state index contributed by atoms with van der Waals surface area (Å²) in [7, 11) is 0. The number of amides is 1. The summed E-state index contributed by atoms with van der Waals surface area (Å²) in [5.74, 6) is 0.685. The van der Waals surface area contributed by atoms with Crippen LogP contribution in [0.15, 0.2) is 0 Å². The van der Waals surface area contributed by atoms with Crippen molar-refractivity contribution in [1.29, 1.82) is 0 Å². The van der Waals surface area contributed by atoms with Gasteiger partial charge in [-0.1, -0.05) is 25.7 Å². The Morgan fingerprint density at radius 1 is 1.15 bits per heavy atom. The Morgan fingerprint density at radius 2 is 1.80 bits per heavy atom. The van der Waals surface area contributed by atoms with Gasteiger partial charge in [0.25, 0.3) is 0 Å². The SMILES string of the molecule is O=C(CCC1CCCC1)NC[C@H]1N[C@H](CO)[C@@H](O)[C@@H]1O. The Balaban J connectivity index is 1.65. The number of nitrogens with one attached hydrogen (secondary N) is 2. The smallest absolute Gasteiger partial charge is 0.220 e. The maximum atomic E-state index is 11.8. The zero-order valence-electron chi connectivity index (χ0n) is 11.8. The van der Waals surface area contributed by atoms with Gasteiger partial charge in [0.05, 0.1) is 30.9 Å². The molecule has 0 bridgehead atoms. The quantitative estimate of drug-likeness (QED) is 0.437. The predicted molar refractivity (Wildman–Crippen MR) is 74.0 cm³/mol. The topological polar surface area (TPSA) is 102 Å². The first-order valence-electron chi connectivity index (χ1n) is 7.61. The number of aliphatic hydroxyl groups is 3. The minimum Gasteiger partial charge on any atom is -0.395 e. The molecular weight excluding hydrogens is 260 g/mol. The van der Waals surface area contributed by atoms with E-state index in [0.717, 1.165) is 6.42 Å². The molecule has 2 fully saturated rings. The average Bonchev–Trinajstić information content (AvgIpc) is 3.05. The Morgan fingerprint density at radius 3 is 2.40 bits per heavy atom. The highest BCUT2D eigenvalue weighted by Gasteiger charge is 2.40. The molecule has 1 aliphatic heterocycles. The molecule has 1 aliphatic carbocycles. The summed E-state index contributed by atoms with van der Waals surface area (Å²) >= 11 is 0. The molecule has 5 N–H and O–H groups in total. The lowest BCUT2D eigenvalue weighted by Gasteiger charge is -2.17. The summed E-state index contributed by atoms with van der Waals surface area (Å²) in [6.45, 7) is 0.0442. The van der Waals surface area contributed by atoms with Gasteiger partial charge in [-0.3, -0.25) is 4.79 Å². The second-order valence-corrected chi connectivity index (χ2v) is 6.04. The van der Waals surface area contributed by atoms with Crippen LogP contribution in [-0.2, 0) is 4.79 Å². The first-order chi connectivity index (χ1) is 9.61. The van der Waals surface area contributed by atoms with Crippen molar-refractivity contribution >= 4 is 5.91 Å². The standard InChI is InChI=1S/C14H26N2O4/c17-8-11-14(20)13(19)10(16-11)7-15-12(18)6-5-9-3-1-2-4-9/h9-11,13-14,16-17,19-20H,1-8H2,(H,15,18)/t10-,11-,13-,14-/m1/s1. The maximum absolute atomic E-state index is 11.8. The molecule has 1 amide bonds. The fourth-order valence-corrected chi connectivity index (χ4v) is 3.23. The lowest BCUT2D eigenvalue weighted by Crippen LogP contribution is -2.44. The van der Waals surface area contributed by atoms with Gasteiger partial charge in [-0.05, 0) is 12.3 Å². The fourth-order valence-electron chi connectivity index (χ4n) is 3.23. The van der Waals surface area contributed by atoms with Crippen LogP contribution in [0.4, 0.5) is 0 Å². The van der Waals surface area contributed by atoms with E-state index in [9.17, 15) is 15.0 Å². The van der Waals surface area contributed by atoms with Gasteiger partial charge in [0.2, 0.25) is 5.91 Å². The van der Waals surface area contributed by atoms with Gasteiger partial charge in [0.1, 0.15) is 0 Å². The molecule has 0 radical (unpaired) electrons. The molecule has 2 aliphatic rings. The fraction of sp³-hybridized carbons (Fsp3) is 0.929.